The SMILES string of the molecule is CCCCN(CCCC)c1ncnc(N(CCCC)CCCC)n1. The van der Waals surface area contributed by atoms with Crippen molar-refractivity contribution in [2.45, 2.75) is 79.1 Å². The minimum atomic E-state index is 0.847. The van der Waals surface area contributed by atoms with Crippen molar-refractivity contribution in [1.29, 1.82) is 0 Å². The van der Waals surface area contributed by atoms with Crippen molar-refractivity contribution in [2.24, 2.45) is 0 Å². The molecule has 5 heteroatoms. The van der Waals surface area contributed by atoms with Crippen molar-refractivity contribution < 1.29 is 0 Å². The molecule has 0 bridgehead atoms. The second kappa shape index (κ2) is 13.0. The number of anilines is 2. The Morgan fingerprint density at radius 3 is 1.25 bits per heavy atom. The van der Waals surface area contributed by atoms with Crippen LogP contribution < -0.4 is 9.80 Å². The average Bonchev–Trinajstić information content (AvgIpc) is 2.62. The Labute approximate surface area is 148 Å². The van der Waals surface area contributed by atoms with Crippen LogP contribution in [0.25, 0.3) is 0 Å². The highest BCUT2D eigenvalue weighted by Gasteiger charge is 2.14. The van der Waals surface area contributed by atoms with Crippen molar-refractivity contribution in [3.63, 3.8) is 0 Å². The molecule has 0 atom stereocenters. The summed E-state index contributed by atoms with van der Waals surface area (Å²) in [4.78, 5) is 18.4. The van der Waals surface area contributed by atoms with E-state index in [1.807, 2.05) is 0 Å². The van der Waals surface area contributed by atoms with E-state index in [0.717, 1.165) is 38.1 Å². The summed E-state index contributed by atoms with van der Waals surface area (Å²) in [5.74, 6) is 1.69. The summed E-state index contributed by atoms with van der Waals surface area (Å²) in [6.07, 6.45) is 11.2. The minimum absolute atomic E-state index is 0.847. The van der Waals surface area contributed by atoms with Gasteiger partial charge in [0.2, 0.25) is 11.9 Å². The minimum Gasteiger partial charge on any atom is -0.341 e. The van der Waals surface area contributed by atoms with E-state index in [0.29, 0.717) is 0 Å². The Morgan fingerprint density at radius 2 is 0.958 bits per heavy atom. The number of hydrogen-bond acceptors (Lipinski definition) is 5. The van der Waals surface area contributed by atoms with E-state index in [-0.39, 0.29) is 0 Å². The summed E-state index contributed by atoms with van der Waals surface area (Å²) >= 11 is 0. The zero-order valence-electron chi connectivity index (χ0n) is 16.3. The largest absolute Gasteiger partial charge is 0.341 e. The van der Waals surface area contributed by atoms with E-state index in [4.69, 9.17) is 4.98 Å². The molecule has 1 aromatic heterocycles. The predicted octanol–water partition coefficient (Wildman–Crippen LogP) is 4.68. The van der Waals surface area contributed by atoms with Crippen LogP contribution in [0, 0.1) is 0 Å². The molecular weight excluding hydrogens is 298 g/mol. The topological polar surface area (TPSA) is 45.2 Å². The summed E-state index contributed by atoms with van der Waals surface area (Å²) in [6, 6.07) is 0. The van der Waals surface area contributed by atoms with E-state index in [1.54, 1.807) is 6.33 Å². The first-order valence-electron chi connectivity index (χ1n) is 9.95. The van der Waals surface area contributed by atoms with Gasteiger partial charge in [0.05, 0.1) is 0 Å². The van der Waals surface area contributed by atoms with Crippen LogP contribution in [0.2, 0.25) is 0 Å². The molecule has 1 rings (SSSR count). The Balaban J connectivity index is 2.88. The fraction of sp³-hybridized carbons (Fsp3) is 0.842. The van der Waals surface area contributed by atoms with Gasteiger partial charge in [-0.3, -0.25) is 0 Å². The van der Waals surface area contributed by atoms with Gasteiger partial charge in [-0.05, 0) is 25.7 Å². The molecule has 0 aliphatic heterocycles. The fourth-order valence-corrected chi connectivity index (χ4v) is 2.60. The van der Waals surface area contributed by atoms with E-state index in [2.05, 4.69) is 47.5 Å². The lowest BCUT2D eigenvalue weighted by Crippen LogP contribution is -2.31. The second-order valence-electron chi connectivity index (χ2n) is 6.47. The normalized spacial score (nSPS) is 10.8. The molecule has 1 aromatic rings. The van der Waals surface area contributed by atoms with Gasteiger partial charge in [-0.15, -0.1) is 0 Å². The van der Waals surface area contributed by atoms with Crippen LogP contribution in [-0.2, 0) is 0 Å². The van der Waals surface area contributed by atoms with Crippen LogP contribution in [0.3, 0.4) is 0 Å². The lowest BCUT2D eigenvalue weighted by atomic mass is 10.2. The lowest BCUT2D eigenvalue weighted by Gasteiger charge is -2.25. The second-order valence-corrected chi connectivity index (χ2v) is 6.47. The third-order valence-corrected chi connectivity index (χ3v) is 4.24. The molecule has 1 heterocycles. The Morgan fingerprint density at radius 1 is 0.625 bits per heavy atom. The maximum atomic E-state index is 4.81. The first-order chi connectivity index (χ1) is 11.8. The van der Waals surface area contributed by atoms with Gasteiger partial charge in [0.1, 0.15) is 6.33 Å². The van der Waals surface area contributed by atoms with Crippen molar-refractivity contribution in [3.05, 3.63) is 6.33 Å². The Bertz CT molecular complexity index is 373. The molecule has 0 saturated carbocycles. The van der Waals surface area contributed by atoms with Crippen LogP contribution in [0.15, 0.2) is 6.33 Å². The summed E-state index contributed by atoms with van der Waals surface area (Å²) in [5, 5.41) is 0. The van der Waals surface area contributed by atoms with Gasteiger partial charge >= 0.3 is 0 Å². The monoisotopic (exact) mass is 335 g/mol. The first kappa shape index (κ1) is 20.7. The molecule has 0 radical (unpaired) electrons. The van der Waals surface area contributed by atoms with E-state index in [9.17, 15) is 0 Å². The lowest BCUT2D eigenvalue weighted by molar-refractivity contribution is 0.644. The summed E-state index contributed by atoms with van der Waals surface area (Å²) in [7, 11) is 0. The average molecular weight is 336 g/mol. The van der Waals surface area contributed by atoms with Crippen molar-refractivity contribution in [1.82, 2.24) is 15.0 Å². The van der Waals surface area contributed by atoms with Gasteiger partial charge in [-0.2, -0.15) is 4.98 Å². The van der Waals surface area contributed by atoms with Gasteiger partial charge in [-0.25, -0.2) is 9.97 Å². The number of rotatable bonds is 14. The molecule has 0 N–H and O–H groups in total. The molecule has 138 valence electrons. The summed E-state index contributed by atoms with van der Waals surface area (Å²) < 4.78 is 0. The number of nitrogens with zero attached hydrogens (tertiary/aromatic N) is 5. The highest BCUT2D eigenvalue weighted by atomic mass is 15.3. The van der Waals surface area contributed by atoms with Gasteiger partial charge in [-0.1, -0.05) is 53.4 Å². The van der Waals surface area contributed by atoms with E-state index in [1.165, 1.54) is 51.4 Å². The Kier molecular flexibility index (Phi) is 11.2. The molecule has 0 aliphatic rings. The molecule has 24 heavy (non-hydrogen) atoms. The zero-order chi connectivity index (χ0) is 17.6. The molecule has 5 nitrogen and oxygen atoms in total. The molecule has 0 fully saturated rings. The first-order valence-corrected chi connectivity index (χ1v) is 9.95. The smallest absolute Gasteiger partial charge is 0.230 e. The third kappa shape index (κ3) is 7.45. The van der Waals surface area contributed by atoms with Crippen molar-refractivity contribution in [2.75, 3.05) is 36.0 Å². The Hall–Kier alpha value is -1.39. The summed E-state index contributed by atoms with van der Waals surface area (Å²) in [6.45, 7) is 13.0. The van der Waals surface area contributed by atoms with Crippen LogP contribution >= 0.6 is 0 Å². The van der Waals surface area contributed by atoms with Crippen molar-refractivity contribution in [3.8, 4) is 0 Å². The third-order valence-electron chi connectivity index (χ3n) is 4.24. The number of unbranched alkanes of at least 4 members (excludes halogenated alkanes) is 4. The fourth-order valence-electron chi connectivity index (χ4n) is 2.60. The molecule has 0 spiro atoms. The van der Waals surface area contributed by atoms with Gasteiger partial charge < -0.3 is 9.80 Å². The maximum Gasteiger partial charge on any atom is 0.230 e. The van der Waals surface area contributed by atoms with Gasteiger partial charge in [0, 0.05) is 26.2 Å². The standard InChI is InChI=1S/C19H37N5/c1-5-9-13-23(14-10-6-2)18-20-17-21-19(22-18)24(15-11-7-3)16-12-8-4/h17H,5-16H2,1-4H3. The van der Waals surface area contributed by atoms with Crippen LogP contribution in [0.5, 0.6) is 0 Å². The van der Waals surface area contributed by atoms with Gasteiger partial charge in [0.15, 0.2) is 0 Å². The van der Waals surface area contributed by atoms with Crippen LogP contribution in [-0.4, -0.2) is 41.1 Å². The van der Waals surface area contributed by atoms with E-state index >= 15 is 0 Å². The molecule has 0 amide bonds. The molecule has 0 saturated heterocycles. The molecular formula is C19H37N5. The number of hydrogen-bond donors (Lipinski definition) is 0. The predicted molar refractivity (Wildman–Crippen MR) is 104 cm³/mol. The summed E-state index contributed by atoms with van der Waals surface area (Å²) in [5.41, 5.74) is 0. The highest BCUT2D eigenvalue weighted by molar-refractivity contribution is 5.37. The van der Waals surface area contributed by atoms with Gasteiger partial charge in [0.25, 0.3) is 0 Å². The molecule has 0 aliphatic carbocycles. The van der Waals surface area contributed by atoms with Crippen LogP contribution in [0.4, 0.5) is 11.9 Å². The molecule has 0 unspecified atom stereocenters. The highest BCUT2D eigenvalue weighted by Crippen LogP contribution is 2.15. The maximum absolute atomic E-state index is 4.81. The van der Waals surface area contributed by atoms with E-state index < -0.39 is 0 Å². The quantitative estimate of drug-likeness (QED) is 0.494. The van der Waals surface area contributed by atoms with Crippen LogP contribution in [0.1, 0.15) is 79.1 Å². The van der Waals surface area contributed by atoms with Crippen molar-refractivity contribution >= 4 is 11.9 Å². The molecule has 0 aromatic carbocycles. The zero-order valence-corrected chi connectivity index (χ0v) is 16.3. The number of aromatic nitrogens is 3.